The Hall–Kier alpha value is -0.610. The first kappa shape index (κ1) is 15.4. The van der Waals surface area contributed by atoms with Crippen molar-refractivity contribution in [3.05, 3.63) is 0 Å². The Morgan fingerprint density at radius 3 is 2.28 bits per heavy atom. The Morgan fingerprint density at radius 1 is 1.33 bits per heavy atom. The number of hydrogen-bond acceptors (Lipinski definition) is 3. The summed E-state index contributed by atoms with van der Waals surface area (Å²) < 4.78 is 0. The van der Waals surface area contributed by atoms with Crippen LogP contribution < -0.4 is 5.73 Å². The first-order valence-electron chi connectivity index (χ1n) is 7.16. The second kappa shape index (κ2) is 6.53. The summed E-state index contributed by atoms with van der Waals surface area (Å²) in [5, 5.41) is 0. The van der Waals surface area contributed by atoms with Gasteiger partial charge in [0.05, 0.1) is 5.54 Å². The molecule has 1 heterocycles. The highest BCUT2D eigenvalue weighted by Gasteiger charge is 2.33. The van der Waals surface area contributed by atoms with Crippen LogP contribution in [0.2, 0.25) is 0 Å². The van der Waals surface area contributed by atoms with Crippen LogP contribution in [0.1, 0.15) is 39.5 Å². The maximum absolute atomic E-state index is 12.4. The molecule has 0 bridgehead atoms. The number of amides is 1. The number of carbonyl (C=O) groups is 1. The van der Waals surface area contributed by atoms with E-state index in [1.165, 1.54) is 12.8 Å². The third-order valence-electron chi connectivity index (χ3n) is 4.40. The zero-order valence-corrected chi connectivity index (χ0v) is 12.4. The predicted octanol–water partition coefficient (Wildman–Crippen LogP) is 1.30. The molecular formula is C14H29N3O. The molecule has 18 heavy (non-hydrogen) atoms. The summed E-state index contributed by atoms with van der Waals surface area (Å²) in [7, 11) is 4.05. The molecule has 1 amide bonds. The van der Waals surface area contributed by atoms with Gasteiger partial charge < -0.3 is 15.5 Å². The van der Waals surface area contributed by atoms with Crippen LogP contribution >= 0.6 is 0 Å². The van der Waals surface area contributed by atoms with Crippen LogP contribution in [0.15, 0.2) is 0 Å². The van der Waals surface area contributed by atoms with Gasteiger partial charge in [-0.3, -0.25) is 4.79 Å². The minimum absolute atomic E-state index is 0.103. The van der Waals surface area contributed by atoms with Crippen molar-refractivity contribution in [2.24, 2.45) is 11.7 Å². The van der Waals surface area contributed by atoms with Crippen LogP contribution in [0.3, 0.4) is 0 Å². The number of piperidine rings is 1. The van der Waals surface area contributed by atoms with E-state index in [0.717, 1.165) is 19.6 Å². The maximum Gasteiger partial charge on any atom is 0.242 e. The van der Waals surface area contributed by atoms with Crippen LogP contribution in [0.5, 0.6) is 0 Å². The number of hydrogen-bond donors (Lipinski definition) is 1. The van der Waals surface area contributed by atoms with Crippen molar-refractivity contribution in [2.45, 2.75) is 45.1 Å². The lowest BCUT2D eigenvalue weighted by Crippen LogP contribution is -2.54. The van der Waals surface area contributed by atoms with E-state index in [0.29, 0.717) is 18.8 Å². The third-order valence-corrected chi connectivity index (χ3v) is 4.40. The Morgan fingerprint density at radius 2 is 1.83 bits per heavy atom. The number of nitrogens with two attached hydrogens (primary N) is 1. The average molecular weight is 255 g/mol. The fourth-order valence-corrected chi connectivity index (χ4v) is 2.65. The second-order valence-corrected chi connectivity index (χ2v) is 5.80. The van der Waals surface area contributed by atoms with E-state index in [1.54, 1.807) is 0 Å². The molecule has 4 heteroatoms. The van der Waals surface area contributed by atoms with E-state index in [4.69, 9.17) is 5.73 Å². The van der Waals surface area contributed by atoms with Gasteiger partial charge in [-0.25, -0.2) is 0 Å². The summed E-state index contributed by atoms with van der Waals surface area (Å²) >= 11 is 0. The molecule has 2 N–H and O–H groups in total. The molecule has 0 aromatic rings. The van der Waals surface area contributed by atoms with Crippen molar-refractivity contribution in [1.82, 2.24) is 9.80 Å². The Balaban J connectivity index is 2.49. The van der Waals surface area contributed by atoms with E-state index in [-0.39, 0.29) is 5.91 Å². The first-order chi connectivity index (χ1) is 8.42. The number of carbonyl (C=O) groups excluding carboxylic acids is 1. The molecule has 0 atom stereocenters. The quantitative estimate of drug-likeness (QED) is 0.805. The molecule has 0 unspecified atom stereocenters. The average Bonchev–Trinajstić information content (AvgIpc) is 2.39. The summed E-state index contributed by atoms with van der Waals surface area (Å²) in [6, 6.07) is 0. The fourth-order valence-electron chi connectivity index (χ4n) is 2.65. The molecule has 0 aromatic carbocycles. The summed E-state index contributed by atoms with van der Waals surface area (Å²) in [5.41, 5.74) is 5.50. The van der Waals surface area contributed by atoms with E-state index in [9.17, 15) is 4.79 Å². The van der Waals surface area contributed by atoms with Gasteiger partial charge in [0, 0.05) is 13.6 Å². The maximum atomic E-state index is 12.4. The zero-order valence-electron chi connectivity index (χ0n) is 12.4. The van der Waals surface area contributed by atoms with Crippen LogP contribution in [0.25, 0.3) is 0 Å². The molecular weight excluding hydrogens is 226 g/mol. The standard InChI is InChI=1S/C14H29N3O/c1-5-14(15,6-2)13(18)17(4)11-12-7-9-16(3)10-8-12/h12H,5-11,15H2,1-4H3. The van der Waals surface area contributed by atoms with Crippen LogP contribution in [-0.4, -0.2) is 55.0 Å². The smallest absolute Gasteiger partial charge is 0.242 e. The monoisotopic (exact) mass is 255 g/mol. The zero-order chi connectivity index (χ0) is 13.8. The lowest BCUT2D eigenvalue weighted by atomic mass is 9.91. The van der Waals surface area contributed by atoms with E-state index < -0.39 is 5.54 Å². The largest absolute Gasteiger partial charge is 0.344 e. The SMILES string of the molecule is CCC(N)(CC)C(=O)N(C)CC1CCN(C)CC1. The molecule has 0 spiro atoms. The van der Waals surface area contributed by atoms with Gasteiger partial charge in [0.1, 0.15) is 0 Å². The van der Waals surface area contributed by atoms with Gasteiger partial charge in [-0.1, -0.05) is 13.8 Å². The molecule has 0 aliphatic carbocycles. The van der Waals surface area contributed by atoms with Crippen LogP contribution in [0.4, 0.5) is 0 Å². The number of likely N-dealkylation sites (N-methyl/N-ethyl adjacent to an activating group) is 1. The topological polar surface area (TPSA) is 49.6 Å². The van der Waals surface area contributed by atoms with Gasteiger partial charge in [0.2, 0.25) is 5.91 Å². The van der Waals surface area contributed by atoms with Gasteiger partial charge >= 0.3 is 0 Å². The molecule has 1 saturated heterocycles. The first-order valence-corrected chi connectivity index (χ1v) is 7.16. The molecule has 0 radical (unpaired) electrons. The summed E-state index contributed by atoms with van der Waals surface area (Å²) in [4.78, 5) is 16.6. The molecule has 1 fully saturated rings. The van der Waals surface area contributed by atoms with Crippen molar-refractivity contribution in [3.8, 4) is 0 Å². The fraction of sp³-hybridized carbons (Fsp3) is 0.929. The lowest BCUT2D eigenvalue weighted by Gasteiger charge is -2.35. The number of nitrogens with zero attached hydrogens (tertiary/aromatic N) is 2. The van der Waals surface area contributed by atoms with Crippen molar-refractivity contribution in [1.29, 1.82) is 0 Å². The summed E-state index contributed by atoms with van der Waals surface area (Å²) in [6.45, 7) is 7.12. The highest BCUT2D eigenvalue weighted by molar-refractivity contribution is 5.85. The van der Waals surface area contributed by atoms with Gasteiger partial charge in [-0.15, -0.1) is 0 Å². The van der Waals surface area contributed by atoms with E-state index >= 15 is 0 Å². The normalized spacial score (nSPS) is 18.9. The minimum Gasteiger partial charge on any atom is -0.344 e. The minimum atomic E-state index is -0.666. The molecule has 1 rings (SSSR count). The van der Waals surface area contributed by atoms with Crippen molar-refractivity contribution >= 4 is 5.91 Å². The van der Waals surface area contributed by atoms with Crippen LogP contribution in [-0.2, 0) is 4.79 Å². The van der Waals surface area contributed by atoms with Crippen molar-refractivity contribution in [2.75, 3.05) is 33.7 Å². The molecule has 0 aromatic heterocycles. The van der Waals surface area contributed by atoms with Gasteiger partial charge in [0.25, 0.3) is 0 Å². The highest BCUT2D eigenvalue weighted by atomic mass is 16.2. The summed E-state index contributed by atoms with van der Waals surface area (Å²) in [6.07, 6.45) is 3.79. The van der Waals surface area contributed by atoms with E-state index in [1.807, 2.05) is 25.8 Å². The molecule has 106 valence electrons. The highest BCUT2D eigenvalue weighted by Crippen LogP contribution is 2.20. The number of rotatable bonds is 5. The van der Waals surface area contributed by atoms with Gasteiger partial charge in [-0.2, -0.15) is 0 Å². The molecule has 4 nitrogen and oxygen atoms in total. The van der Waals surface area contributed by atoms with E-state index in [2.05, 4.69) is 11.9 Å². The third kappa shape index (κ3) is 3.69. The van der Waals surface area contributed by atoms with Crippen molar-refractivity contribution < 1.29 is 4.79 Å². The van der Waals surface area contributed by atoms with Crippen molar-refractivity contribution in [3.63, 3.8) is 0 Å². The lowest BCUT2D eigenvalue weighted by molar-refractivity contribution is -0.136. The number of likely N-dealkylation sites (tertiary alicyclic amines) is 1. The molecule has 1 aliphatic heterocycles. The summed E-state index contributed by atoms with van der Waals surface area (Å²) in [5.74, 6) is 0.736. The van der Waals surface area contributed by atoms with Gasteiger partial charge in [0.15, 0.2) is 0 Å². The Kier molecular flexibility index (Phi) is 5.60. The Labute approximate surface area is 111 Å². The van der Waals surface area contributed by atoms with Crippen LogP contribution in [0, 0.1) is 5.92 Å². The predicted molar refractivity (Wildman–Crippen MR) is 75.4 cm³/mol. The Bertz CT molecular complexity index is 268. The second-order valence-electron chi connectivity index (χ2n) is 5.80. The molecule has 0 saturated carbocycles. The molecule has 1 aliphatic rings. The van der Waals surface area contributed by atoms with Gasteiger partial charge in [-0.05, 0) is 51.7 Å².